The maximum absolute atomic E-state index is 13.0. The maximum Gasteiger partial charge on any atom is 0.285 e. The number of ketones is 1. The lowest BCUT2D eigenvalue weighted by molar-refractivity contribution is -0.126. The molecule has 0 saturated carbocycles. The Kier molecular flexibility index (Phi) is 15.9. The Balaban J connectivity index is 1.78. The summed E-state index contributed by atoms with van der Waals surface area (Å²) >= 11 is 6.34. The molecular formula is C31H45ClN2O7S. The number of carbonyl (C=O) groups excluding carboxylic acids is 2. The molecule has 2 aromatic carbocycles. The molecule has 0 radical (unpaired) electrons. The molecule has 2 aromatic rings. The number of Topliss-reactive ketones (excluding diaryl/α,β-unsaturated/α-hetero) is 1. The van der Waals surface area contributed by atoms with E-state index in [-0.39, 0.29) is 22.7 Å². The Morgan fingerprint density at radius 3 is 2.05 bits per heavy atom. The summed E-state index contributed by atoms with van der Waals surface area (Å²) in [7, 11) is -0.969. The van der Waals surface area contributed by atoms with Crippen molar-refractivity contribution in [3.63, 3.8) is 0 Å². The molecule has 2 rings (SSSR count). The third kappa shape index (κ3) is 12.3. The predicted octanol–water partition coefficient (Wildman–Crippen LogP) is 6.78. The predicted molar refractivity (Wildman–Crippen MR) is 168 cm³/mol. The number of carbonyl (C=O) groups is 2. The molecule has 0 bridgehead atoms. The molecule has 0 spiro atoms. The average Bonchev–Trinajstić information content (AvgIpc) is 2.98. The number of unbranched alkanes of at least 4 members (excludes halogenated alkanes) is 8. The lowest BCUT2D eigenvalue weighted by atomic mass is 10.0. The number of hydrogen-bond donors (Lipinski definition) is 2. The van der Waals surface area contributed by atoms with Crippen molar-refractivity contribution in [2.45, 2.75) is 76.2 Å². The standard InChI is InChI=1S/C31H45ClN2O7S/c1-4-5-6-7-8-9-10-11-21-41-22-12-13-23-42(37,38)34-27-16-14-15-26(24-27)33-30(36)31(32,40-3)29(35)25-17-19-28(39-2)20-18-25/h14-20,24,34H,4-13,21-23H2,1-3H3,(H,33,36). The van der Waals surface area contributed by atoms with Crippen molar-refractivity contribution in [1.82, 2.24) is 0 Å². The van der Waals surface area contributed by atoms with Gasteiger partial charge in [-0.15, -0.1) is 0 Å². The molecule has 0 aliphatic heterocycles. The Morgan fingerprint density at radius 2 is 1.43 bits per heavy atom. The number of sulfonamides is 1. The zero-order valence-electron chi connectivity index (χ0n) is 25.0. The molecule has 0 fully saturated rings. The molecular weight excluding hydrogens is 580 g/mol. The van der Waals surface area contributed by atoms with E-state index in [0.717, 1.165) is 13.5 Å². The highest BCUT2D eigenvalue weighted by molar-refractivity contribution is 7.92. The fourth-order valence-corrected chi connectivity index (χ4v) is 5.58. The molecule has 42 heavy (non-hydrogen) atoms. The monoisotopic (exact) mass is 624 g/mol. The Morgan fingerprint density at radius 1 is 0.833 bits per heavy atom. The van der Waals surface area contributed by atoms with Crippen LogP contribution >= 0.6 is 11.6 Å². The Labute approximate surface area is 255 Å². The SMILES string of the molecule is CCCCCCCCCCOCCCCS(=O)(=O)Nc1cccc(NC(=O)C(Cl)(OC)C(=O)c2ccc(OC)cc2)c1. The maximum atomic E-state index is 13.0. The summed E-state index contributed by atoms with van der Waals surface area (Å²) in [5.74, 6) is -1.20. The van der Waals surface area contributed by atoms with Crippen LogP contribution in [-0.2, 0) is 24.3 Å². The highest BCUT2D eigenvalue weighted by Crippen LogP contribution is 2.27. The second kappa shape index (κ2) is 18.8. The number of rotatable bonds is 22. The second-order valence-electron chi connectivity index (χ2n) is 10.1. The summed E-state index contributed by atoms with van der Waals surface area (Å²) in [6.07, 6.45) is 11.0. The molecule has 9 nitrogen and oxygen atoms in total. The summed E-state index contributed by atoms with van der Waals surface area (Å²) in [4.78, 5) is 26.0. The van der Waals surface area contributed by atoms with Crippen LogP contribution in [0.4, 0.5) is 11.4 Å². The van der Waals surface area contributed by atoms with E-state index in [2.05, 4.69) is 17.0 Å². The summed E-state index contributed by atoms with van der Waals surface area (Å²) in [6, 6.07) is 12.2. The van der Waals surface area contributed by atoms with Gasteiger partial charge in [-0.2, -0.15) is 0 Å². The van der Waals surface area contributed by atoms with Crippen LogP contribution in [0.2, 0.25) is 0 Å². The fraction of sp³-hybridized carbons (Fsp3) is 0.548. The number of amides is 1. The van der Waals surface area contributed by atoms with Gasteiger partial charge in [0.2, 0.25) is 15.8 Å². The minimum Gasteiger partial charge on any atom is -0.497 e. The van der Waals surface area contributed by atoms with Crippen molar-refractivity contribution in [3.05, 3.63) is 54.1 Å². The zero-order chi connectivity index (χ0) is 30.8. The van der Waals surface area contributed by atoms with Gasteiger partial charge in [0.05, 0.1) is 18.6 Å². The van der Waals surface area contributed by atoms with Crippen molar-refractivity contribution >= 4 is 44.7 Å². The Hall–Kier alpha value is -2.66. The molecule has 11 heteroatoms. The second-order valence-corrected chi connectivity index (χ2v) is 12.5. The lowest BCUT2D eigenvalue weighted by Gasteiger charge is -2.23. The molecule has 0 aliphatic carbocycles. The smallest absolute Gasteiger partial charge is 0.285 e. The van der Waals surface area contributed by atoms with Crippen molar-refractivity contribution < 1.29 is 32.2 Å². The molecule has 0 aromatic heterocycles. The van der Waals surface area contributed by atoms with E-state index in [4.69, 9.17) is 25.8 Å². The molecule has 234 valence electrons. The first-order valence-electron chi connectivity index (χ1n) is 14.6. The summed E-state index contributed by atoms with van der Waals surface area (Å²) in [6.45, 7) is 3.46. The summed E-state index contributed by atoms with van der Waals surface area (Å²) < 4.78 is 43.6. The fourth-order valence-electron chi connectivity index (χ4n) is 4.26. The quantitative estimate of drug-likeness (QED) is 0.0641. The first-order valence-corrected chi connectivity index (χ1v) is 16.6. The number of methoxy groups -OCH3 is 2. The zero-order valence-corrected chi connectivity index (χ0v) is 26.5. The van der Waals surface area contributed by atoms with Crippen molar-refractivity contribution in [3.8, 4) is 5.75 Å². The van der Waals surface area contributed by atoms with Gasteiger partial charge >= 0.3 is 0 Å². The molecule has 0 heterocycles. The minimum absolute atomic E-state index is 0.0600. The van der Waals surface area contributed by atoms with Gasteiger partial charge in [-0.1, -0.05) is 69.5 Å². The van der Waals surface area contributed by atoms with Crippen molar-refractivity contribution in [2.75, 3.05) is 43.2 Å². The summed E-state index contributed by atoms with van der Waals surface area (Å²) in [5, 5.41) is 0.203. The minimum atomic E-state index is -3.62. The number of nitrogens with one attached hydrogen (secondary N) is 2. The van der Waals surface area contributed by atoms with Gasteiger partial charge < -0.3 is 19.5 Å². The Bertz CT molecular complexity index is 1210. The van der Waals surface area contributed by atoms with E-state index < -0.39 is 26.8 Å². The van der Waals surface area contributed by atoms with Gasteiger partial charge in [-0.05, 0) is 61.7 Å². The van der Waals surface area contributed by atoms with Gasteiger partial charge in [0, 0.05) is 31.6 Å². The van der Waals surface area contributed by atoms with Crippen molar-refractivity contribution in [1.29, 1.82) is 0 Å². The van der Waals surface area contributed by atoms with Gasteiger partial charge in [0.15, 0.2) is 0 Å². The number of halogens is 1. The van der Waals surface area contributed by atoms with Crippen molar-refractivity contribution in [2.24, 2.45) is 0 Å². The lowest BCUT2D eigenvalue weighted by Crippen LogP contribution is -2.46. The number of hydrogen-bond acceptors (Lipinski definition) is 7. The molecule has 1 unspecified atom stereocenters. The van der Waals surface area contributed by atoms with E-state index in [9.17, 15) is 18.0 Å². The molecule has 1 atom stereocenters. The van der Waals surface area contributed by atoms with Crippen LogP contribution in [0.25, 0.3) is 0 Å². The summed E-state index contributed by atoms with van der Waals surface area (Å²) in [5.41, 5.74) is 0.653. The first-order chi connectivity index (χ1) is 20.1. The number of anilines is 2. The van der Waals surface area contributed by atoms with Gasteiger partial charge in [0.25, 0.3) is 11.0 Å². The average molecular weight is 625 g/mol. The first kappa shape index (κ1) is 35.5. The van der Waals surface area contributed by atoms with E-state index in [1.807, 2.05) is 0 Å². The number of ether oxygens (including phenoxy) is 3. The van der Waals surface area contributed by atoms with Gasteiger partial charge in [0.1, 0.15) is 5.75 Å². The highest BCUT2D eigenvalue weighted by atomic mass is 35.5. The van der Waals surface area contributed by atoms with Crippen LogP contribution in [0.3, 0.4) is 0 Å². The van der Waals surface area contributed by atoms with Crippen LogP contribution in [0.15, 0.2) is 48.5 Å². The van der Waals surface area contributed by atoms with Crippen LogP contribution < -0.4 is 14.8 Å². The van der Waals surface area contributed by atoms with Crippen LogP contribution in [0.1, 0.15) is 81.5 Å². The molecule has 1 amide bonds. The van der Waals surface area contributed by atoms with Crippen LogP contribution in [-0.4, -0.2) is 58.4 Å². The highest BCUT2D eigenvalue weighted by Gasteiger charge is 2.45. The third-order valence-electron chi connectivity index (χ3n) is 6.71. The normalized spacial score (nSPS) is 12.9. The molecule has 0 saturated heterocycles. The van der Waals surface area contributed by atoms with E-state index in [0.29, 0.717) is 31.8 Å². The number of alkyl halides is 1. The van der Waals surface area contributed by atoms with E-state index in [1.54, 1.807) is 30.3 Å². The van der Waals surface area contributed by atoms with E-state index in [1.165, 1.54) is 70.3 Å². The molecule has 2 N–H and O–H groups in total. The van der Waals surface area contributed by atoms with Gasteiger partial charge in [-0.3, -0.25) is 14.3 Å². The number of benzene rings is 2. The molecule has 0 aliphatic rings. The third-order valence-corrected chi connectivity index (χ3v) is 8.58. The largest absolute Gasteiger partial charge is 0.497 e. The van der Waals surface area contributed by atoms with Crippen LogP contribution in [0, 0.1) is 0 Å². The van der Waals surface area contributed by atoms with Crippen LogP contribution in [0.5, 0.6) is 5.75 Å². The topological polar surface area (TPSA) is 120 Å². The van der Waals surface area contributed by atoms with Gasteiger partial charge in [-0.25, -0.2) is 8.42 Å². The van der Waals surface area contributed by atoms with E-state index >= 15 is 0 Å².